The van der Waals surface area contributed by atoms with Crippen LogP contribution >= 0.6 is 11.3 Å². The number of piperazine rings is 1. The Morgan fingerprint density at radius 2 is 1.75 bits per heavy atom. The van der Waals surface area contributed by atoms with E-state index < -0.39 is 0 Å². The van der Waals surface area contributed by atoms with Crippen molar-refractivity contribution in [2.75, 3.05) is 44.2 Å². The number of anilines is 1. The molecule has 3 aromatic rings. The van der Waals surface area contributed by atoms with Crippen molar-refractivity contribution in [3.8, 4) is 0 Å². The average molecular weight is 451 g/mol. The molecule has 0 N–H and O–H groups in total. The third-order valence-electron chi connectivity index (χ3n) is 6.93. The molecular formula is C24H30N6OS. The predicted octanol–water partition coefficient (Wildman–Crippen LogP) is 3.26. The quantitative estimate of drug-likeness (QED) is 0.608. The summed E-state index contributed by atoms with van der Waals surface area (Å²) in [6.07, 6.45) is 7.15. The molecule has 5 rings (SSSR count). The lowest BCUT2D eigenvalue weighted by Crippen LogP contribution is -2.51. The monoisotopic (exact) mass is 450 g/mol. The fourth-order valence-corrected chi connectivity index (χ4v) is 5.86. The lowest BCUT2D eigenvalue weighted by molar-refractivity contribution is -0.138. The van der Waals surface area contributed by atoms with Gasteiger partial charge in [0.2, 0.25) is 5.91 Å². The van der Waals surface area contributed by atoms with Gasteiger partial charge in [-0.3, -0.25) is 14.7 Å². The van der Waals surface area contributed by atoms with E-state index >= 15 is 0 Å². The number of nitrogens with zero attached hydrogens (tertiary/aromatic N) is 6. The van der Waals surface area contributed by atoms with Gasteiger partial charge in [-0.05, 0) is 49.9 Å². The van der Waals surface area contributed by atoms with Gasteiger partial charge in [-0.15, -0.1) is 11.3 Å². The number of carbonyl (C=O) groups excluding carboxylic acids is 1. The summed E-state index contributed by atoms with van der Waals surface area (Å²) in [6.45, 7) is 10.5. The van der Waals surface area contributed by atoms with E-state index in [1.54, 1.807) is 17.7 Å². The summed E-state index contributed by atoms with van der Waals surface area (Å²) in [5.41, 5.74) is 2.56. The highest BCUT2D eigenvalue weighted by Gasteiger charge is 2.31. The molecule has 8 heteroatoms. The number of aromatic nitrogens is 3. The summed E-state index contributed by atoms with van der Waals surface area (Å²) in [7, 11) is 0. The second-order valence-corrected chi connectivity index (χ2v) is 10.1. The van der Waals surface area contributed by atoms with Gasteiger partial charge in [0.05, 0.1) is 5.39 Å². The normalized spacial score (nSPS) is 18.4. The number of carbonyl (C=O) groups is 1. The van der Waals surface area contributed by atoms with Gasteiger partial charge in [-0.1, -0.05) is 0 Å². The zero-order chi connectivity index (χ0) is 22.1. The van der Waals surface area contributed by atoms with Crippen molar-refractivity contribution in [2.45, 2.75) is 33.2 Å². The second kappa shape index (κ2) is 9.11. The molecule has 0 aliphatic carbocycles. The fourth-order valence-electron chi connectivity index (χ4n) is 4.87. The molecule has 0 aromatic carbocycles. The van der Waals surface area contributed by atoms with E-state index in [0.717, 1.165) is 69.3 Å². The average Bonchev–Trinajstić information content (AvgIpc) is 3.13. The van der Waals surface area contributed by atoms with Gasteiger partial charge in [-0.25, -0.2) is 9.97 Å². The van der Waals surface area contributed by atoms with Gasteiger partial charge in [0.25, 0.3) is 0 Å². The Morgan fingerprint density at radius 1 is 1.03 bits per heavy atom. The maximum absolute atomic E-state index is 13.2. The van der Waals surface area contributed by atoms with Crippen LogP contribution in [0.4, 0.5) is 5.82 Å². The van der Waals surface area contributed by atoms with Crippen LogP contribution < -0.4 is 4.90 Å². The molecule has 0 atom stereocenters. The molecule has 0 unspecified atom stereocenters. The lowest BCUT2D eigenvalue weighted by Gasteiger charge is -2.39. The fraction of sp³-hybridized carbons (Fsp3) is 0.500. The number of pyridine rings is 1. The minimum Gasteiger partial charge on any atom is -0.356 e. The molecule has 168 valence electrons. The predicted molar refractivity (Wildman–Crippen MR) is 128 cm³/mol. The molecule has 2 saturated heterocycles. The topological polar surface area (TPSA) is 65.5 Å². The molecule has 2 aliphatic heterocycles. The minimum atomic E-state index is 0.126. The molecule has 0 spiro atoms. The molecule has 0 saturated carbocycles. The number of rotatable bonds is 4. The van der Waals surface area contributed by atoms with Gasteiger partial charge in [-0.2, -0.15) is 0 Å². The van der Waals surface area contributed by atoms with E-state index in [4.69, 9.17) is 0 Å². The first-order chi connectivity index (χ1) is 15.6. The minimum absolute atomic E-state index is 0.126. The van der Waals surface area contributed by atoms with Gasteiger partial charge in [0.1, 0.15) is 17.0 Å². The van der Waals surface area contributed by atoms with Crippen LogP contribution in [0.5, 0.6) is 0 Å². The molecule has 32 heavy (non-hydrogen) atoms. The van der Waals surface area contributed by atoms with Crippen molar-refractivity contribution in [3.63, 3.8) is 0 Å². The summed E-state index contributed by atoms with van der Waals surface area (Å²) >= 11 is 1.74. The zero-order valence-corrected chi connectivity index (χ0v) is 19.6. The van der Waals surface area contributed by atoms with Crippen molar-refractivity contribution < 1.29 is 4.79 Å². The highest BCUT2D eigenvalue weighted by atomic mass is 32.1. The van der Waals surface area contributed by atoms with Crippen LogP contribution in [0.2, 0.25) is 0 Å². The standard InChI is InChI=1S/C24H30N6OS/c1-17-18(2)32-23-21(17)22(26-16-27-23)29-9-5-20(6-10-29)24(31)30-13-11-28(12-14-30)15-19-3-7-25-8-4-19/h3-4,7-8,16,20H,5-6,9-15H2,1-2H3. The highest BCUT2D eigenvalue weighted by Crippen LogP contribution is 2.35. The van der Waals surface area contributed by atoms with Crippen molar-refractivity contribution in [1.82, 2.24) is 24.8 Å². The van der Waals surface area contributed by atoms with Crippen LogP contribution in [0.1, 0.15) is 28.8 Å². The SMILES string of the molecule is Cc1sc2ncnc(N3CCC(C(=O)N4CCN(Cc5ccncc5)CC4)CC3)c2c1C. The third kappa shape index (κ3) is 4.21. The Morgan fingerprint density at radius 3 is 2.47 bits per heavy atom. The smallest absolute Gasteiger partial charge is 0.225 e. The Balaban J connectivity index is 1.16. The molecule has 7 nitrogen and oxygen atoms in total. The number of fused-ring (bicyclic) bond motifs is 1. The summed E-state index contributed by atoms with van der Waals surface area (Å²) < 4.78 is 0. The van der Waals surface area contributed by atoms with Crippen LogP contribution in [-0.2, 0) is 11.3 Å². The Labute approximate surface area is 193 Å². The summed E-state index contributed by atoms with van der Waals surface area (Å²) in [4.78, 5) is 35.6. The van der Waals surface area contributed by atoms with E-state index in [1.807, 2.05) is 12.4 Å². The Bertz CT molecular complexity index is 1080. The molecule has 0 radical (unpaired) electrons. The van der Waals surface area contributed by atoms with E-state index in [9.17, 15) is 4.79 Å². The number of hydrogen-bond acceptors (Lipinski definition) is 7. The van der Waals surface area contributed by atoms with Crippen molar-refractivity contribution >= 4 is 33.3 Å². The Hall–Kier alpha value is -2.58. The second-order valence-electron chi connectivity index (χ2n) is 8.88. The number of amides is 1. The van der Waals surface area contributed by atoms with E-state index in [-0.39, 0.29) is 5.92 Å². The van der Waals surface area contributed by atoms with Crippen LogP contribution in [-0.4, -0.2) is 69.9 Å². The lowest BCUT2D eigenvalue weighted by atomic mass is 9.94. The first-order valence-electron chi connectivity index (χ1n) is 11.5. The molecular weight excluding hydrogens is 420 g/mol. The van der Waals surface area contributed by atoms with Crippen molar-refractivity contribution in [2.24, 2.45) is 5.92 Å². The summed E-state index contributed by atoms with van der Waals surface area (Å²) in [5.74, 6) is 1.50. The maximum Gasteiger partial charge on any atom is 0.225 e. The maximum atomic E-state index is 13.2. The van der Waals surface area contributed by atoms with Crippen molar-refractivity contribution in [3.05, 3.63) is 46.9 Å². The molecule has 3 aromatic heterocycles. The first-order valence-corrected chi connectivity index (χ1v) is 12.3. The van der Waals surface area contributed by atoms with Gasteiger partial charge < -0.3 is 9.80 Å². The third-order valence-corrected chi connectivity index (χ3v) is 8.04. The summed E-state index contributed by atoms with van der Waals surface area (Å²) in [6, 6.07) is 4.13. The van der Waals surface area contributed by atoms with Crippen LogP contribution in [0.15, 0.2) is 30.9 Å². The molecule has 1 amide bonds. The number of piperidine rings is 1. The van der Waals surface area contributed by atoms with Crippen molar-refractivity contribution in [1.29, 1.82) is 0 Å². The number of hydrogen-bond donors (Lipinski definition) is 0. The molecule has 2 fully saturated rings. The van der Waals surface area contributed by atoms with E-state index in [1.165, 1.54) is 21.4 Å². The first kappa shape index (κ1) is 21.3. The van der Waals surface area contributed by atoms with E-state index in [0.29, 0.717) is 5.91 Å². The van der Waals surface area contributed by atoms with Crippen LogP contribution in [0.3, 0.4) is 0 Å². The van der Waals surface area contributed by atoms with Gasteiger partial charge in [0.15, 0.2) is 0 Å². The Kier molecular flexibility index (Phi) is 6.06. The highest BCUT2D eigenvalue weighted by molar-refractivity contribution is 7.18. The zero-order valence-electron chi connectivity index (χ0n) is 18.8. The van der Waals surface area contributed by atoms with Crippen LogP contribution in [0, 0.1) is 19.8 Å². The summed E-state index contributed by atoms with van der Waals surface area (Å²) in [5, 5.41) is 1.19. The van der Waals surface area contributed by atoms with Gasteiger partial charge in [0, 0.05) is 69.0 Å². The number of thiophene rings is 1. The number of aryl methyl sites for hydroxylation is 2. The molecule has 2 aliphatic rings. The molecule has 5 heterocycles. The van der Waals surface area contributed by atoms with Crippen LogP contribution in [0.25, 0.3) is 10.2 Å². The largest absolute Gasteiger partial charge is 0.356 e. The van der Waals surface area contributed by atoms with Gasteiger partial charge >= 0.3 is 0 Å². The van der Waals surface area contributed by atoms with E-state index in [2.05, 4.69) is 55.6 Å². The molecule has 0 bridgehead atoms.